The van der Waals surface area contributed by atoms with Crippen LogP contribution in [0.2, 0.25) is 0 Å². The van der Waals surface area contributed by atoms with Crippen LogP contribution in [0.25, 0.3) is 0 Å². The first-order chi connectivity index (χ1) is 7.62. The zero-order valence-electron chi connectivity index (χ0n) is 9.82. The SMILES string of the molecule is COC(=O)c1ccc(CC2(CN)CC2)n1C. The maximum Gasteiger partial charge on any atom is 0.354 e. The van der Waals surface area contributed by atoms with Crippen molar-refractivity contribution in [3.05, 3.63) is 23.5 Å². The minimum Gasteiger partial charge on any atom is -0.464 e. The lowest BCUT2D eigenvalue weighted by molar-refractivity contribution is 0.0589. The fourth-order valence-electron chi connectivity index (χ4n) is 2.05. The van der Waals surface area contributed by atoms with Crippen LogP contribution in [0.5, 0.6) is 0 Å². The molecule has 1 aromatic heterocycles. The molecule has 2 N–H and O–H groups in total. The lowest BCUT2D eigenvalue weighted by Crippen LogP contribution is -2.20. The molecule has 0 unspecified atom stereocenters. The third-order valence-corrected chi connectivity index (χ3v) is 3.57. The second-order valence-electron chi connectivity index (χ2n) is 4.64. The van der Waals surface area contributed by atoms with E-state index in [0.29, 0.717) is 11.1 Å². The number of nitrogens with two attached hydrogens (primary N) is 1. The van der Waals surface area contributed by atoms with Gasteiger partial charge in [-0.25, -0.2) is 4.79 Å². The van der Waals surface area contributed by atoms with E-state index in [-0.39, 0.29) is 5.97 Å². The summed E-state index contributed by atoms with van der Waals surface area (Å²) in [4.78, 5) is 11.4. The van der Waals surface area contributed by atoms with Gasteiger partial charge in [0.1, 0.15) is 5.69 Å². The molecule has 0 amide bonds. The Balaban J connectivity index is 2.17. The molecule has 1 fully saturated rings. The summed E-state index contributed by atoms with van der Waals surface area (Å²) in [7, 11) is 3.30. The maximum atomic E-state index is 11.4. The van der Waals surface area contributed by atoms with Crippen molar-refractivity contribution >= 4 is 5.97 Å². The summed E-state index contributed by atoms with van der Waals surface area (Å²) in [6.07, 6.45) is 3.35. The van der Waals surface area contributed by atoms with Crippen molar-refractivity contribution in [3.8, 4) is 0 Å². The van der Waals surface area contributed by atoms with Gasteiger partial charge in [-0.05, 0) is 43.4 Å². The molecule has 0 saturated heterocycles. The predicted molar refractivity (Wildman–Crippen MR) is 61.2 cm³/mol. The lowest BCUT2D eigenvalue weighted by Gasteiger charge is -2.13. The Bertz CT molecular complexity index is 405. The third-order valence-electron chi connectivity index (χ3n) is 3.57. The van der Waals surface area contributed by atoms with Crippen molar-refractivity contribution in [3.63, 3.8) is 0 Å². The zero-order chi connectivity index (χ0) is 11.8. The van der Waals surface area contributed by atoms with Gasteiger partial charge in [-0.15, -0.1) is 0 Å². The topological polar surface area (TPSA) is 57.2 Å². The molecule has 0 bridgehead atoms. The van der Waals surface area contributed by atoms with E-state index in [1.807, 2.05) is 23.7 Å². The number of hydrogen-bond donors (Lipinski definition) is 1. The third kappa shape index (κ3) is 1.85. The van der Waals surface area contributed by atoms with Gasteiger partial charge >= 0.3 is 5.97 Å². The van der Waals surface area contributed by atoms with Gasteiger partial charge in [0, 0.05) is 12.7 Å². The van der Waals surface area contributed by atoms with Crippen LogP contribution in [-0.4, -0.2) is 24.2 Å². The van der Waals surface area contributed by atoms with Crippen LogP contribution in [-0.2, 0) is 18.2 Å². The molecule has 1 saturated carbocycles. The number of carbonyl (C=O) groups is 1. The van der Waals surface area contributed by atoms with Gasteiger partial charge in [0.2, 0.25) is 0 Å². The number of methoxy groups -OCH3 is 1. The Morgan fingerprint density at radius 1 is 1.56 bits per heavy atom. The van der Waals surface area contributed by atoms with E-state index in [0.717, 1.165) is 18.7 Å². The van der Waals surface area contributed by atoms with Crippen LogP contribution in [0.3, 0.4) is 0 Å². The molecule has 0 atom stereocenters. The standard InChI is InChI=1S/C12H18N2O2/c1-14-9(7-12(8-13)5-6-12)3-4-10(14)11(15)16-2/h3-4H,5-8,13H2,1-2H3. The monoisotopic (exact) mass is 222 g/mol. The van der Waals surface area contributed by atoms with Crippen molar-refractivity contribution in [2.24, 2.45) is 18.2 Å². The molecule has 16 heavy (non-hydrogen) atoms. The number of hydrogen-bond acceptors (Lipinski definition) is 3. The summed E-state index contributed by atoms with van der Waals surface area (Å²) in [5, 5.41) is 0. The molecule has 1 aliphatic carbocycles. The van der Waals surface area contributed by atoms with E-state index >= 15 is 0 Å². The Hall–Kier alpha value is -1.29. The van der Waals surface area contributed by atoms with Gasteiger partial charge < -0.3 is 15.0 Å². The average Bonchev–Trinajstić information content (AvgIpc) is 2.99. The lowest BCUT2D eigenvalue weighted by atomic mass is 10.0. The molecule has 1 aromatic rings. The largest absolute Gasteiger partial charge is 0.464 e. The number of ether oxygens (including phenoxy) is 1. The average molecular weight is 222 g/mol. The molecule has 4 nitrogen and oxygen atoms in total. The molecule has 0 aromatic carbocycles. The normalized spacial score (nSPS) is 17.2. The molecule has 0 radical (unpaired) electrons. The maximum absolute atomic E-state index is 11.4. The van der Waals surface area contributed by atoms with Crippen LogP contribution in [0.1, 0.15) is 29.0 Å². The Kier molecular flexibility index (Phi) is 2.76. The van der Waals surface area contributed by atoms with Crippen LogP contribution in [0, 0.1) is 5.41 Å². The highest BCUT2D eigenvalue weighted by Crippen LogP contribution is 2.47. The van der Waals surface area contributed by atoms with E-state index in [4.69, 9.17) is 10.5 Å². The molecule has 2 rings (SSSR count). The van der Waals surface area contributed by atoms with Gasteiger partial charge in [-0.2, -0.15) is 0 Å². The van der Waals surface area contributed by atoms with Gasteiger partial charge in [-0.3, -0.25) is 0 Å². The van der Waals surface area contributed by atoms with Crippen molar-refractivity contribution in [1.29, 1.82) is 0 Å². The second-order valence-corrected chi connectivity index (χ2v) is 4.64. The summed E-state index contributed by atoms with van der Waals surface area (Å²) in [5.74, 6) is -0.286. The molecular formula is C12H18N2O2. The van der Waals surface area contributed by atoms with Crippen molar-refractivity contribution in [1.82, 2.24) is 4.57 Å². The first-order valence-corrected chi connectivity index (χ1v) is 5.55. The highest BCUT2D eigenvalue weighted by Gasteiger charge is 2.41. The fourth-order valence-corrected chi connectivity index (χ4v) is 2.05. The number of esters is 1. The number of aromatic nitrogens is 1. The predicted octanol–water partition coefficient (Wildman–Crippen LogP) is 1.09. The summed E-state index contributed by atoms with van der Waals surface area (Å²) < 4.78 is 6.62. The minimum absolute atomic E-state index is 0.286. The molecule has 0 spiro atoms. The van der Waals surface area contributed by atoms with E-state index in [1.54, 1.807) is 0 Å². The molecule has 1 heterocycles. The summed E-state index contributed by atoms with van der Waals surface area (Å²) in [5.41, 5.74) is 7.81. The van der Waals surface area contributed by atoms with E-state index in [1.165, 1.54) is 20.0 Å². The highest BCUT2D eigenvalue weighted by atomic mass is 16.5. The van der Waals surface area contributed by atoms with Gasteiger partial charge in [0.15, 0.2) is 0 Å². The number of nitrogens with zero attached hydrogens (tertiary/aromatic N) is 1. The molecule has 0 aliphatic heterocycles. The quantitative estimate of drug-likeness (QED) is 0.776. The van der Waals surface area contributed by atoms with E-state index in [9.17, 15) is 4.79 Å². The van der Waals surface area contributed by atoms with Crippen molar-refractivity contribution in [2.75, 3.05) is 13.7 Å². The van der Waals surface area contributed by atoms with Gasteiger partial charge in [-0.1, -0.05) is 0 Å². The molecule has 88 valence electrons. The Labute approximate surface area is 95.4 Å². The molecule has 1 aliphatic rings. The van der Waals surface area contributed by atoms with Crippen molar-refractivity contribution in [2.45, 2.75) is 19.3 Å². The van der Waals surface area contributed by atoms with Crippen LogP contribution < -0.4 is 5.73 Å². The molecule has 4 heteroatoms. The number of carbonyl (C=O) groups excluding carboxylic acids is 1. The summed E-state index contributed by atoms with van der Waals surface area (Å²) in [6, 6.07) is 3.80. The first kappa shape index (κ1) is 11.2. The summed E-state index contributed by atoms with van der Waals surface area (Å²) >= 11 is 0. The van der Waals surface area contributed by atoms with Crippen molar-refractivity contribution < 1.29 is 9.53 Å². The second kappa shape index (κ2) is 3.94. The van der Waals surface area contributed by atoms with Gasteiger partial charge in [0.25, 0.3) is 0 Å². The van der Waals surface area contributed by atoms with E-state index in [2.05, 4.69) is 0 Å². The van der Waals surface area contributed by atoms with Crippen LogP contribution in [0.4, 0.5) is 0 Å². The minimum atomic E-state index is -0.286. The molecular weight excluding hydrogens is 204 g/mol. The smallest absolute Gasteiger partial charge is 0.354 e. The van der Waals surface area contributed by atoms with E-state index < -0.39 is 0 Å². The summed E-state index contributed by atoms with van der Waals surface area (Å²) in [6.45, 7) is 0.728. The zero-order valence-corrected chi connectivity index (χ0v) is 9.82. The Morgan fingerprint density at radius 2 is 2.25 bits per heavy atom. The van der Waals surface area contributed by atoms with Gasteiger partial charge in [0.05, 0.1) is 7.11 Å². The first-order valence-electron chi connectivity index (χ1n) is 5.55. The fraction of sp³-hybridized carbons (Fsp3) is 0.583. The Morgan fingerprint density at radius 3 is 2.75 bits per heavy atom. The van der Waals surface area contributed by atoms with Crippen LogP contribution >= 0.6 is 0 Å². The van der Waals surface area contributed by atoms with Crippen LogP contribution in [0.15, 0.2) is 12.1 Å². The number of rotatable bonds is 4. The highest BCUT2D eigenvalue weighted by molar-refractivity contribution is 5.87.